The lowest BCUT2D eigenvalue weighted by Gasteiger charge is -2.25. The van der Waals surface area contributed by atoms with E-state index in [2.05, 4.69) is 20.8 Å². The standard InChI is InChI=1S/C21H27N5O5S3/c27-18(22-13-16-5-4-12-31-16)14-32-21-25-24-20(33-21)23-19(28)15-6-8-17(9-7-15)34(29,30)26-10-2-1-3-11-26/h6-9,16H,1-5,10-14H2,(H,22,27)(H,23,24,28)/t16-/m1/s1. The number of carbonyl (C=O) groups is 2. The van der Waals surface area contributed by atoms with E-state index >= 15 is 0 Å². The molecule has 0 radical (unpaired) electrons. The summed E-state index contributed by atoms with van der Waals surface area (Å²) in [4.78, 5) is 24.7. The number of sulfonamides is 1. The fraction of sp³-hybridized carbons (Fsp3) is 0.524. The fourth-order valence-corrected chi connectivity index (χ4v) is 6.83. The third kappa shape index (κ3) is 6.54. The van der Waals surface area contributed by atoms with Crippen LogP contribution in [-0.2, 0) is 19.6 Å². The number of benzene rings is 1. The first kappa shape index (κ1) is 25.0. The van der Waals surface area contributed by atoms with Gasteiger partial charge in [0.1, 0.15) is 0 Å². The van der Waals surface area contributed by atoms with Crippen molar-refractivity contribution < 1.29 is 22.7 Å². The summed E-state index contributed by atoms with van der Waals surface area (Å²) in [7, 11) is -3.54. The summed E-state index contributed by atoms with van der Waals surface area (Å²) in [6.45, 7) is 2.31. The molecule has 2 fully saturated rings. The predicted molar refractivity (Wildman–Crippen MR) is 130 cm³/mol. The number of hydrogen-bond acceptors (Lipinski definition) is 9. The van der Waals surface area contributed by atoms with Crippen LogP contribution in [0.5, 0.6) is 0 Å². The van der Waals surface area contributed by atoms with Crippen molar-refractivity contribution >= 4 is 50.1 Å². The van der Waals surface area contributed by atoms with Crippen molar-refractivity contribution in [3.05, 3.63) is 29.8 Å². The van der Waals surface area contributed by atoms with E-state index in [9.17, 15) is 18.0 Å². The molecule has 0 aliphatic carbocycles. The monoisotopic (exact) mass is 525 g/mol. The lowest BCUT2D eigenvalue weighted by molar-refractivity contribution is -0.119. The molecule has 10 nitrogen and oxygen atoms in total. The van der Waals surface area contributed by atoms with E-state index in [1.54, 1.807) is 0 Å². The second kappa shape index (κ2) is 11.6. The van der Waals surface area contributed by atoms with Crippen LogP contribution in [-0.4, -0.2) is 72.8 Å². The Morgan fingerprint density at radius 1 is 1.12 bits per heavy atom. The predicted octanol–water partition coefficient (Wildman–Crippen LogP) is 2.35. The lowest BCUT2D eigenvalue weighted by atomic mass is 10.2. The van der Waals surface area contributed by atoms with E-state index in [0.717, 1.165) is 38.7 Å². The summed E-state index contributed by atoms with van der Waals surface area (Å²) >= 11 is 2.41. The molecule has 2 aromatic rings. The zero-order chi connectivity index (χ0) is 24.0. The molecule has 2 aliphatic rings. The number of thioether (sulfide) groups is 1. The van der Waals surface area contributed by atoms with Crippen LogP contribution in [0, 0.1) is 0 Å². The van der Waals surface area contributed by atoms with Crippen LogP contribution in [0.1, 0.15) is 42.5 Å². The van der Waals surface area contributed by atoms with Gasteiger partial charge < -0.3 is 10.1 Å². The molecule has 2 saturated heterocycles. The van der Waals surface area contributed by atoms with Gasteiger partial charge in [-0.2, -0.15) is 4.31 Å². The van der Waals surface area contributed by atoms with Crippen molar-refractivity contribution in [3.63, 3.8) is 0 Å². The molecule has 0 unspecified atom stereocenters. The van der Waals surface area contributed by atoms with E-state index < -0.39 is 15.9 Å². The molecular weight excluding hydrogens is 498 g/mol. The van der Waals surface area contributed by atoms with Gasteiger partial charge in [-0.25, -0.2) is 8.42 Å². The summed E-state index contributed by atoms with van der Waals surface area (Å²) in [6.07, 6.45) is 4.85. The SMILES string of the molecule is O=C(CSc1nnc(NC(=O)c2ccc(S(=O)(=O)N3CCCCC3)cc2)s1)NC[C@H]1CCCO1. The smallest absolute Gasteiger partial charge is 0.257 e. The molecule has 3 heterocycles. The highest BCUT2D eigenvalue weighted by Crippen LogP contribution is 2.26. The highest BCUT2D eigenvalue weighted by Gasteiger charge is 2.26. The Bertz CT molecular complexity index is 1090. The van der Waals surface area contributed by atoms with Crippen LogP contribution in [0.3, 0.4) is 0 Å². The van der Waals surface area contributed by atoms with Crippen molar-refractivity contribution in [2.24, 2.45) is 0 Å². The van der Waals surface area contributed by atoms with E-state index in [4.69, 9.17) is 4.74 Å². The van der Waals surface area contributed by atoms with Crippen molar-refractivity contribution in [3.8, 4) is 0 Å². The van der Waals surface area contributed by atoms with Crippen molar-refractivity contribution in [1.82, 2.24) is 19.8 Å². The first-order chi connectivity index (χ1) is 16.4. The maximum atomic E-state index is 12.8. The number of hydrogen-bond donors (Lipinski definition) is 2. The van der Waals surface area contributed by atoms with E-state index in [1.807, 2.05) is 0 Å². The molecule has 1 atom stereocenters. The van der Waals surface area contributed by atoms with Gasteiger partial charge in [0.25, 0.3) is 5.91 Å². The molecule has 0 saturated carbocycles. The second-order valence-corrected chi connectivity index (χ2v) is 12.2. The van der Waals surface area contributed by atoms with Crippen LogP contribution >= 0.6 is 23.1 Å². The molecule has 0 spiro atoms. The minimum absolute atomic E-state index is 0.0937. The minimum Gasteiger partial charge on any atom is -0.376 e. The van der Waals surface area contributed by atoms with Gasteiger partial charge in [0.2, 0.25) is 21.1 Å². The third-order valence-electron chi connectivity index (χ3n) is 5.57. The Morgan fingerprint density at radius 2 is 1.88 bits per heavy atom. The molecule has 2 N–H and O–H groups in total. The summed E-state index contributed by atoms with van der Waals surface area (Å²) < 4.78 is 33.0. The van der Waals surface area contributed by atoms with Gasteiger partial charge in [0.15, 0.2) is 4.34 Å². The summed E-state index contributed by atoms with van der Waals surface area (Å²) in [5.74, 6) is -0.327. The van der Waals surface area contributed by atoms with Crippen LogP contribution in [0.15, 0.2) is 33.5 Å². The Hall–Kier alpha value is -2.06. The quantitative estimate of drug-likeness (QED) is 0.377. The third-order valence-corrected chi connectivity index (χ3v) is 9.46. The van der Waals surface area contributed by atoms with Gasteiger partial charge in [0, 0.05) is 31.8 Å². The first-order valence-electron chi connectivity index (χ1n) is 11.2. The van der Waals surface area contributed by atoms with Gasteiger partial charge in [-0.3, -0.25) is 14.9 Å². The Labute approximate surface area is 206 Å². The highest BCUT2D eigenvalue weighted by molar-refractivity contribution is 8.01. The van der Waals surface area contributed by atoms with Gasteiger partial charge in [-0.05, 0) is 49.9 Å². The molecular formula is C21H27N5O5S3. The Kier molecular flexibility index (Phi) is 8.53. The molecule has 184 valence electrons. The second-order valence-electron chi connectivity index (χ2n) is 8.04. The summed E-state index contributed by atoms with van der Waals surface area (Å²) in [5, 5.41) is 13.8. The maximum Gasteiger partial charge on any atom is 0.257 e. The van der Waals surface area contributed by atoms with E-state index in [1.165, 1.54) is 51.7 Å². The fourth-order valence-electron chi connectivity index (χ4n) is 3.73. The number of rotatable bonds is 9. The Balaban J connectivity index is 1.26. The number of aromatic nitrogens is 2. The van der Waals surface area contributed by atoms with Gasteiger partial charge >= 0.3 is 0 Å². The maximum absolute atomic E-state index is 12.8. The number of nitrogens with zero attached hydrogens (tertiary/aromatic N) is 3. The highest BCUT2D eigenvalue weighted by atomic mass is 32.2. The van der Waals surface area contributed by atoms with Gasteiger partial charge in [-0.1, -0.05) is 29.5 Å². The molecule has 2 amide bonds. The topological polar surface area (TPSA) is 131 Å². The average Bonchev–Trinajstić information content (AvgIpc) is 3.54. The number of ether oxygens (including phenoxy) is 1. The van der Waals surface area contributed by atoms with Crippen LogP contribution in [0.4, 0.5) is 5.13 Å². The molecule has 0 bridgehead atoms. The first-order valence-corrected chi connectivity index (χ1v) is 14.4. The molecule has 4 rings (SSSR count). The summed E-state index contributed by atoms with van der Waals surface area (Å²) in [6, 6.07) is 5.88. The molecule has 13 heteroatoms. The zero-order valence-corrected chi connectivity index (χ0v) is 21.0. The number of carbonyl (C=O) groups excluding carboxylic acids is 2. The number of piperidine rings is 1. The van der Waals surface area contributed by atoms with Crippen LogP contribution < -0.4 is 10.6 Å². The lowest BCUT2D eigenvalue weighted by Crippen LogP contribution is -2.35. The van der Waals surface area contributed by atoms with Crippen molar-refractivity contribution in [2.45, 2.75) is 47.4 Å². The normalized spacial score (nSPS) is 19.1. The molecule has 1 aromatic heterocycles. The molecule has 1 aromatic carbocycles. The largest absolute Gasteiger partial charge is 0.376 e. The number of amides is 2. The minimum atomic E-state index is -3.54. The van der Waals surface area contributed by atoms with Crippen LogP contribution in [0.2, 0.25) is 0 Å². The Morgan fingerprint density at radius 3 is 2.59 bits per heavy atom. The van der Waals surface area contributed by atoms with Crippen molar-refractivity contribution in [1.29, 1.82) is 0 Å². The molecule has 2 aliphatic heterocycles. The number of nitrogens with one attached hydrogen (secondary N) is 2. The van der Waals surface area contributed by atoms with E-state index in [0.29, 0.717) is 34.7 Å². The average molecular weight is 526 g/mol. The van der Waals surface area contributed by atoms with Crippen LogP contribution in [0.25, 0.3) is 0 Å². The molecule has 34 heavy (non-hydrogen) atoms. The van der Waals surface area contributed by atoms with E-state index in [-0.39, 0.29) is 22.7 Å². The summed E-state index contributed by atoms with van der Waals surface area (Å²) in [5.41, 5.74) is 0.315. The van der Waals surface area contributed by atoms with Gasteiger partial charge in [0.05, 0.1) is 16.8 Å². The zero-order valence-electron chi connectivity index (χ0n) is 18.6. The number of anilines is 1. The van der Waals surface area contributed by atoms with Gasteiger partial charge in [-0.15, -0.1) is 10.2 Å². The van der Waals surface area contributed by atoms with Crippen molar-refractivity contribution in [2.75, 3.05) is 37.3 Å².